The number of nitrogens with zero attached hydrogens (tertiary/aromatic N) is 3. The average molecular weight is 417 g/mol. The van der Waals surface area contributed by atoms with Gasteiger partial charge in [0.15, 0.2) is 11.3 Å². The molecule has 1 fully saturated rings. The number of rotatable bonds is 5. The maximum atomic E-state index is 14.1. The van der Waals surface area contributed by atoms with Crippen molar-refractivity contribution in [2.75, 3.05) is 38.2 Å². The van der Waals surface area contributed by atoms with Crippen LogP contribution in [0.5, 0.6) is 5.75 Å². The van der Waals surface area contributed by atoms with E-state index >= 15 is 0 Å². The minimum atomic E-state index is -0.156. The van der Waals surface area contributed by atoms with Crippen LogP contribution >= 0.6 is 0 Å². The summed E-state index contributed by atoms with van der Waals surface area (Å²) in [6.07, 6.45) is 3.51. The first-order chi connectivity index (χ1) is 15.2. The number of hydrogen-bond acceptors (Lipinski definition) is 5. The molecule has 3 heterocycles. The van der Waals surface area contributed by atoms with Crippen molar-refractivity contribution in [2.45, 2.75) is 6.54 Å². The van der Waals surface area contributed by atoms with Gasteiger partial charge in [-0.2, -0.15) is 0 Å². The summed E-state index contributed by atoms with van der Waals surface area (Å²) in [5, 5.41) is 1.02. The van der Waals surface area contributed by atoms with E-state index in [0.29, 0.717) is 5.69 Å². The van der Waals surface area contributed by atoms with E-state index in [4.69, 9.17) is 9.15 Å². The first-order valence-corrected chi connectivity index (χ1v) is 10.4. The van der Waals surface area contributed by atoms with Gasteiger partial charge in [-0.3, -0.25) is 9.88 Å². The highest BCUT2D eigenvalue weighted by molar-refractivity contribution is 5.88. The molecule has 5 nitrogen and oxygen atoms in total. The topological polar surface area (TPSA) is 41.7 Å². The summed E-state index contributed by atoms with van der Waals surface area (Å²) < 4.78 is 25.8. The van der Waals surface area contributed by atoms with Crippen molar-refractivity contribution in [2.24, 2.45) is 0 Å². The standard InChI is InChI=1S/C25H24FN3O2/c1-30-24-15-18(14-20-16-23(31-25(20)24)19-6-8-27-9-7-19)17-28-10-12-29(13-11-28)22-5-3-2-4-21(22)26/h2-9,14-16H,10-13,17H2,1H3. The molecule has 0 saturated carbocycles. The summed E-state index contributed by atoms with van der Waals surface area (Å²) in [5.74, 6) is 1.38. The Hall–Kier alpha value is -3.38. The molecule has 6 heteroatoms. The number of hydrogen-bond donors (Lipinski definition) is 0. The fourth-order valence-electron chi connectivity index (χ4n) is 4.19. The molecule has 2 aromatic carbocycles. The third-order valence-electron chi connectivity index (χ3n) is 5.80. The summed E-state index contributed by atoms with van der Waals surface area (Å²) in [6.45, 7) is 4.17. The lowest BCUT2D eigenvalue weighted by atomic mass is 10.1. The van der Waals surface area contributed by atoms with E-state index in [0.717, 1.165) is 60.8 Å². The van der Waals surface area contributed by atoms with E-state index in [9.17, 15) is 4.39 Å². The van der Waals surface area contributed by atoms with Gasteiger partial charge in [0.05, 0.1) is 12.8 Å². The number of para-hydroxylation sites is 1. The number of ether oxygens (including phenoxy) is 1. The first-order valence-electron chi connectivity index (χ1n) is 10.4. The number of halogens is 1. The Labute approximate surface area is 180 Å². The Morgan fingerprint density at radius 2 is 1.77 bits per heavy atom. The SMILES string of the molecule is COc1cc(CN2CCN(c3ccccc3F)CC2)cc2cc(-c3ccncc3)oc12. The largest absolute Gasteiger partial charge is 0.493 e. The number of anilines is 1. The number of aromatic nitrogens is 1. The van der Waals surface area contributed by atoms with Crippen molar-refractivity contribution in [3.8, 4) is 17.1 Å². The molecule has 1 aliphatic rings. The molecule has 0 N–H and O–H groups in total. The molecule has 31 heavy (non-hydrogen) atoms. The quantitative estimate of drug-likeness (QED) is 0.459. The Bertz CT molecular complexity index is 1180. The molecule has 1 saturated heterocycles. The summed E-state index contributed by atoms with van der Waals surface area (Å²) >= 11 is 0. The number of furan rings is 1. The lowest BCUT2D eigenvalue weighted by Crippen LogP contribution is -2.46. The number of methoxy groups -OCH3 is 1. The van der Waals surface area contributed by atoms with Crippen LogP contribution in [0.1, 0.15) is 5.56 Å². The summed E-state index contributed by atoms with van der Waals surface area (Å²) in [6, 6.07) is 17.1. The van der Waals surface area contributed by atoms with Crippen LogP contribution in [0.15, 0.2) is 71.4 Å². The smallest absolute Gasteiger partial charge is 0.176 e. The van der Waals surface area contributed by atoms with Crippen LogP contribution in [-0.4, -0.2) is 43.2 Å². The summed E-state index contributed by atoms with van der Waals surface area (Å²) in [4.78, 5) is 8.58. The molecular weight excluding hydrogens is 393 g/mol. The normalized spacial score (nSPS) is 14.8. The predicted molar refractivity (Wildman–Crippen MR) is 120 cm³/mol. The molecular formula is C25H24FN3O2. The molecule has 0 aliphatic carbocycles. The van der Waals surface area contributed by atoms with Crippen molar-refractivity contribution in [3.05, 3.63) is 78.4 Å². The van der Waals surface area contributed by atoms with E-state index in [1.165, 1.54) is 11.6 Å². The Kier molecular flexibility index (Phi) is 5.30. The molecule has 0 amide bonds. The summed E-state index contributed by atoms with van der Waals surface area (Å²) in [5.41, 5.74) is 3.60. The fraction of sp³-hybridized carbons (Fsp3) is 0.240. The fourth-order valence-corrected chi connectivity index (χ4v) is 4.19. The van der Waals surface area contributed by atoms with Crippen molar-refractivity contribution in [1.29, 1.82) is 0 Å². The van der Waals surface area contributed by atoms with Crippen LogP contribution in [0.3, 0.4) is 0 Å². The van der Waals surface area contributed by atoms with Gasteiger partial charge >= 0.3 is 0 Å². The van der Waals surface area contributed by atoms with Gasteiger partial charge in [-0.25, -0.2) is 4.39 Å². The Morgan fingerprint density at radius 3 is 2.52 bits per heavy atom. The summed E-state index contributed by atoms with van der Waals surface area (Å²) in [7, 11) is 1.67. The van der Waals surface area contributed by atoms with Gasteiger partial charge in [0, 0.05) is 56.1 Å². The van der Waals surface area contributed by atoms with Crippen LogP contribution in [-0.2, 0) is 6.54 Å². The molecule has 0 radical (unpaired) electrons. The molecule has 1 aliphatic heterocycles. The van der Waals surface area contributed by atoms with Gasteiger partial charge in [-0.05, 0) is 48.0 Å². The zero-order chi connectivity index (χ0) is 21.2. The second-order valence-electron chi connectivity index (χ2n) is 7.78. The van der Waals surface area contributed by atoms with Gasteiger partial charge in [0.1, 0.15) is 11.6 Å². The lowest BCUT2D eigenvalue weighted by molar-refractivity contribution is 0.249. The number of fused-ring (bicyclic) bond motifs is 1. The highest BCUT2D eigenvalue weighted by Crippen LogP contribution is 2.35. The maximum Gasteiger partial charge on any atom is 0.176 e. The highest BCUT2D eigenvalue weighted by atomic mass is 19.1. The third kappa shape index (κ3) is 3.99. The van der Waals surface area contributed by atoms with Gasteiger partial charge in [0.2, 0.25) is 0 Å². The number of benzene rings is 2. The van der Waals surface area contributed by atoms with Gasteiger partial charge < -0.3 is 14.1 Å². The molecule has 0 atom stereocenters. The van der Waals surface area contributed by atoms with Crippen molar-refractivity contribution in [3.63, 3.8) is 0 Å². The zero-order valence-corrected chi connectivity index (χ0v) is 17.4. The van der Waals surface area contributed by atoms with E-state index in [-0.39, 0.29) is 5.82 Å². The number of pyridine rings is 1. The maximum absolute atomic E-state index is 14.1. The lowest BCUT2D eigenvalue weighted by Gasteiger charge is -2.36. The monoisotopic (exact) mass is 417 g/mol. The molecule has 0 spiro atoms. The minimum absolute atomic E-state index is 0.156. The first kappa shape index (κ1) is 19.6. The molecule has 4 aromatic rings. The van der Waals surface area contributed by atoms with Gasteiger partial charge in [-0.1, -0.05) is 12.1 Å². The van der Waals surface area contributed by atoms with Gasteiger partial charge in [-0.15, -0.1) is 0 Å². The molecule has 2 aromatic heterocycles. The number of piperazine rings is 1. The Balaban J connectivity index is 1.33. The van der Waals surface area contributed by atoms with Crippen molar-refractivity contribution < 1.29 is 13.5 Å². The van der Waals surface area contributed by atoms with E-state index in [2.05, 4.69) is 20.9 Å². The minimum Gasteiger partial charge on any atom is -0.493 e. The zero-order valence-electron chi connectivity index (χ0n) is 17.4. The van der Waals surface area contributed by atoms with E-state index < -0.39 is 0 Å². The Morgan fingerprint density at radius 1 is 1.00 bits per heavy atom. The molecule has 0 unspecified atom stereocenters. The average Bonchev–Trinajstić information content (AvgIpc) is 3.24. The third-order valence-corrected chi connectivity index (χ3v) is 5.80. The molecule has 0 bridgehead atoms. The van der Waals surface area contributed by atoms with Crippen LogP contribution in [0.2, 0.25) is 0 Å². The van der Waals surface area contributed by atoms with Gasteiger partial charge in [0.25, 0.3) is 0 Å². The predicted octanol–water partition coefficient (Wildman–Crippen LogP) is 4.96. The van der Waals surface area contributed by atoms with Crippen LogP contribution in [0.25, 0.3) is 22.3 Å². The van der Waals surface area contributed by atoms with Crippen molar-refractivity contribution >= 4 is 16.7 Å². The van der Waals surface area contributed by atoms with Crippen LogP contribution in [0.4, 0.5) is 10.1 Å². The van der Waals surface area contributed by atoms with E-state index in [1.807, 2.05) is 36.4 Å². The second-order valence-corrected chi connectivity index (χ2v) is 7.78. The second kappa shape index (κ2) is 8.40. The van der Waals surface area contributed by atoms with Crippen LogP contribution < -0.4 is 9.64 Å². The van der Waals surface area contributed by atoms with Crippen molar-refractivity contribution in [1.82, 2.24) is 9.88 Å². The highest BCUT2D eigenvalue weighted by Gasteiger charge is 2.20. The molecule has 158 valence electrons. The van der Waals surface area contributed by atoms with Crippen LogP contribution in [0, 0.1) is 5.82 Å². The van der Waals surface area contributed by atoms with E-state index in [1.54, 1.807) is 25.6 Å². The molecule has 5 rings (SSSR count).